The Morgan fingerprint density at radius 3 is 2.78 bits per heavy atom. The third-order valence-corrected chi connectivity index (χ3v) is 6.00. The second kappa shape index (κ2) is 8.03. The van der Waals surface area contributed by atoms with Crippen LogP contribution in [0.1, 0.15) is 35.4 Å². The lowest BCUT2D eigenvalue weighted by Gasteiger charge is -2.21. The predicted molar refractivity (Wildman–Crippen MR) is 125 cm³/mol. The van der Waals surface area contributed by atoms with Gasteiger partial charge in [-0.2, -0.15) is 0 Å². The fourth-order valence-corrected chi connectivity index (χ4v) is 4.17. The van der Waals surface area contributed by atoms with E-state index in [0.29, 0.717) is 17.3 Å². The van der Waals surface area contributed by atoms with Crippen molar-refractivity contribution in [1.29, 1.82) is 0 Å². The minimum Gasteiger partial charge on any atom is -0.373 e. The van der Waals surface area contributed by atoms with Gasteiger partial charge >= 0.3 is 0 Å². The Morgan fingerprint density at radius 1 is 1.06 bits per heavy atom. The Balaban J connectivity index is 1.44. The molecule has 0 aliphatic carbocycles. The van der Waals surface area contributed by atoms with E-state index in [1.54, 1.807) is 18.6 Å². The SMILES string of the molecule is CNc1cc2ncc(-c3cc(NC(=O)c4cnc5n4CC(C)CC5)cnc3C)cc2cn1. The van der Waals surface area contributed by atoms with Gasteiger partial charge in [-0.3, -0.25) is 14.8 Å². The molecule has 4 aromatic rings. The molecule has 1 aliphatic heterocycles. The van der Waals surface area contributed by atoms with E-state index >= 15 is 0 Å². The maximum absolute atomic E-state index is 13.0. The van der Waals surface area contributed by atoms with Gasteiger partial charge in [0.1, 0.15) is 17.3 Å². The van der Waals surface area contributed by atoms with Crippen molar-refractivity contribution in [2.75, 3.05) is 17.7 Å². The zero-order chi connectivity index (χ0) is 22.2. The van der Waals surface area contributed by atoms with Crippen LogP contribution in [0.2, 0.25) is 0 Å². The standard InChI is InChI=1S/C24H25N7O/c1-14-4-5-23-29-12-21(31(23)13-14)24(32)30-18-7-19(15(2)26-11-18)16-6-17-10-28-22(25-3)8-20(17)27-9-16/h6-12,14H,4-5,13H2,1-3H3,(H,25,28)(H,30,32). The van der Waals surface area contributed by atoms with Crippen molar-refractivity contribution in [2.24, 2.45) is 5.92 Å². The van der Waals surface area contributed by atoms with Gasteiger partial charge in [0, 0.05) is 60.7 Å². The summed E-state index contributed by atoms with van der Waals surface area (Å²) in [7, 11) is 1.83. The normalized spacial score (nSPS) is 15.4. The molecule has 1 aliphatic rings. The van der Waals surface area contributed by atoms with Crippen LogP contribution in [0.5, 0.6) is 0 Å². The molecule has 8 nitrogen and oxygen atoms in total. The predicted octanol–water partition coefficient (Wildman–Crippen LogP) is 4.07. The molecule has 5 heterocycles. The number of anilines is 2. The number of hydrogen-bond donors (Lipinski definition) is 2. The summed E-state index contributed by atoms with van der Waals surface area (Å²) in [6.07, 6.45) is 8.99. The molecule has 8 heteroatoms. The minimum absolute atomic E-state index is 0.171. The number of nitrogens with zero attached hydrogens (tertiary/aromatic N) is 5. The van der Waals surface area contributed by atoms with Gasteiger partial charge in [0.2, 0.25) is 0 Å². The fraction of sp³-hybridized carbons (Fsp3) is 0.292. The number of imidazole rings is 1. The van der Waals surface area contributed by atoms with E-state index in [2.05, 4.69) is 37.5 Å². The second-order valence-corrected chi connectivity index (χ2v) is 8.36. The van der Waals surface area contributed by atoms with E-state index in [4.69, 9.17) is 0 Å². The van der Waals surface area contributed by atoms with Crippen LogP contribution >= 0.6 is 0 Å². The molecule has 0 fully saturated rings. The third-order valence-electron chi connectivity index (χ3n) is 6.00. The first kappa shape index (κ1) is 20.1. The Labute approximate surface area is 186 Å². The van der Waals surface area contributed by atoms with Crippen molar-refractivity contribution < 1.29 is 4.79 Å². The Kier molecular flexibility index (Phi) is 5.05. The number of amides is 1. The van der Waals surface area contributed by atoms with E-state index < -0.39 is 0 Å². The minimum atomic E-state index is -0.171. The Morgan fingerprint density at radius 2 is 1.94 bits per heavy atom. The number of aryl methyl sites for hydroxylation is 2. The Bertz CT molecular complexity index is 1330. The summed E-state index contributed by atoms with van der Waals surface area (Å²) < 4.78 is 2.03. The lowest BCUT2D eigenvalue weighted by atomic mass is 10.0. The van der Waals surface area contributed by atoms with Gasteiger partial charge in [-0.1, -0.05) is 6.92 Å². The number of carbonyl (C=O) groups excluding carboxylic acids is 1. The average Bonchev–Trinajstić information content (AvgIpc) is 3.22. The first-order valence-corrected chi connectivity index (χ1v) is 10.8. The smallest absolute Gasteiger partial charge is 0.273 e. The van der Waals surface area contributed by atoms with E-state index in [-0.39, 0.29) is 5.91 Å². The number of carbonyl (C=O) groups is 1. The summed E-state index contributed by atoms with van der Waals surface area (Å²) in [5.74, 6) is 2.12. The number of hydrogen-bond acceptors (Lipinski definition) is 6. The van der Waals surface area contributed by atoms with E-state index in [9.17, 15) is 4.79 Å². The van der Waals surface area contributed by atoms with Gasteiger partial charge in [0.25, 0.3) is 5.91 Å². The molecular weight excluding hydrogens is 402 g/mol. The molecule has 0 aromatic carbocycles. The lowest BCUT2D eigenvalue weighted by molar-refractivity contribution is 0.101. The van der Waals surface area contributed by atoms with Gasteiger partial charge < -0.3 is 15.2 Å². The highest BCUT2D eigenvalue weighted by Gasteiger charge is 2.22. The number of pyridine rings is 3. The van der Waals surface area contributed by atoms with E-state index in [0.717, 1.165) is 58.8 Å². The molecule has 1 atom stereocenters. The maximum atomic E-state index is 13.0. The molecule has 0 radical (unpaired) electrons. The zero-order valence-electron chi connectivity index (χ0n) is 18.4. The van der Waals surface area contributed by atoms with Crippen molar-refractivity contribution in [3.63, 3.8) is 0 Å². The van der Waals surface area contributed by atoms with Gasteiger partial charge in [-0.15, -0.1) is 0 Å². The summed E-state index contributed by atoms with van der Waals surface area (Å²) in [6.45, 7) is 4.97. The molecule has 5 rings (SSSR count). The molecule has 0 saturated heterocycles. The highest BCUT2D eigenvalue weighted by molar-refractivity contribution is 6.03. The maximum Gasteiger partial charge on any atom is 0.273 e. The number of rotatable bonds is 4. The van der Waals surface area contributed by atoms with Crippen LogP contribution in [0.25, 0.3) is 22.0 Å². The van der Waals surface area contributed by atoms with Crippen LogP contribution in [0.3, 0.4) is 0 Å². The lowest BCUT2D eigenvalue weighted by Crippen LogP contribution is -2.24. The monoisotopic (exact) mass is 427 g/mol. The molecule has 0 bridgehead atoms. The molecule has 4 aromatic heterocycles. The van der Waals surface area contributed by atoms with Gasteiger partial charge in [0.05, 0.1) is 23.6 Å². The molecular formula is C24H25N7O. The van der Waals surface area contributed by atoms with E-state index in [1.165, 1.54) is 0 Å². The third kappa shape index (κ3) is 3.68. The molecule has 2 N–H and O–H groups in total. The van der Waals surface area contributed by atoms with Crippen molar-refractivity contribution in [3.8, 4) is 11.1 Å². The number of nitrogens with one attached hydrogen (secondary N) is 2. The van der Waals surface area contributed by atoms with Gasteiger partial charge in [-0.25, -0.2) is 9.97 Å². The highest BCUT2D eigenvalue weighted by atomic mass is 16.2. The molecule has 1 unspecified atom stereocenters. The Hall–Kier alpha value is -3.81. The summed E-state index contributed by atoms with van der Waals surface area (Å²) in [6, 6.07) is 5.89. The quantitative estimate of drug-likeness (QED) is 0.509. The van der Waals surface area contributed by atoms with Crippen LogP contribution in [-0.4, -0.2) is 37.5 Å². The fourth-order valence-electron chi connectivity index (χ4n) is 4.17. The molecule has 1 amide bonds. The van der Waals surface area contributed by atoms with Gasteiger partial charge in [-0.05, 0) is 31.4 Å². The topological polar surface area (TPSA) is 97.6 Å². The van der Waals surface area contributed by atoms with Crippen molar-refractivity contribution in [3.05, 3.63) is 60.2 Å². The molecule has 32 heavy (non-hydrogen) atoms. The van der Waals surface area contributed by atoms with Crippen molar-refractivity contribution in [1.82, 2.24) is 24.5 Å². The summed E-state index contributed by atoms with van der Waals surface area (Å²) >= 11 is 0. The molecule has 162 valence electrons. The van der Waals surface area contributed by atoms with Gasteiger partial charge in [0.15, 0.2) is 0 Å². The second-order valence-electron chi connectivity index (χ2n) is 8.36. The van der Waals surface area contributed by atoms with Crippen LogP contribution in [0, 0.1) is 12.8 Å². The van der Waals surface area contributed by atoms with Crippen LogP contribution in [-0.2, 0) is 13.0 Å². The van der Waals surface area contributed by atoms with Crippen molar-refractivity contribution >= 4 is 28.3 Å². The van der Waals surface area contributed by atoms with Crippen LogP contribution in [0.15, 0.2) is 43.0 Å². The first-order chi connectivity index (χ1) is 15.5. The number of fused-ring (bicyclic) bond motifs is 2. The molecule has 0 saturated carbocycles. The number of aromatic nitrogens is 5. The highest BCUT2D eigenvalue weighted by Crippen LogP contribution is 2.28. The average molecular weight is 428 g/mol. The summed E-state index contributed by atoms with van der Waals surface area (Å²) in [5.41, 5.74) is 4.79. The van der Waals surface area contributed by atoms with Crippen LogP contribution < -0.4 is 10.6 Å². The van der Waals surface area contributed by atoms with Crippen molar-refractivity contribution in [2.45, 2.75) is 33.2 Å². The van der Waals surface area contributed by atoms with Crippen LogP contribution in [0.4, 0.5) is 11.5 Å². The zero-order valence-corrected chi connectivity index (χ0v) is 18.4. The first-order valence-electron chi connectivity index (χ1n) is 10.8. The summed E-state index contributed by atoms with van der Waals surface area (Å²) in [4.78, 5) is 30.9. The largest absolute Gasteiger partial charge is 0.373 e. The van der Waals surface area contributed by atoms with E-state index in [1.807, 2.05) is 42.9 Å². The summed E-state index contributed by atoms with van der Waals surface area (Å²) in [5, 5.41) is 6.96. The molecule has 0 spiro atoms.